The second-order valence-electron chi connectivity index (χ2n) is 9.38. The standard InChI is InChI=1S/C29H30BrCl2N3O6/c30-24-5-2-1-4-19(24)15-29(28(39)35-34-21(16-37)17-38)26(23-11-8-20(31)14-25(23)32)41-27(33-29)18-6-9-22(10-7-18)40-13-3-12-36/h1-2,4-11,14,21,26,34,36-38H,3,12-13,15-17H2,(H,35,39)/t26-,29-/m0/s1. The summed E-state index contributed by atoms with van der Waals surface area (Å²) in [6.45, 7) is -0.406. The maximum atomic E-state index is 14.1. The maximum Gasteiger partial charge on any atom is 0.266 e. The molecule has 1 heterocycles. The SMILES string of the molecule is O=C(NNC(CO)CO)[C@@]1(Cc2ccccc2Br)N=C(c2ccc(OCCCO)cc2)O[C@H]1c1ccc(Cl)cc1Cl. The van der Waals surface area contributed by atoms with E-state index in [9.17, 15) is 15.0 Å². The summed E-state index contributed by atoms with van der Waals surface area (Å²) in [5.74, 6) is 0.264. The molecule has 1 aliphatic rings. The van der Waals surface area contributed by atoms with Crippen molar-refractivity contribution in [2.24, 2.45) is 4.99 Å². The van der Waals surface area contributed by atoms with Crippen LogP contribution in [0.15, 0.2) is 76.2 Å². The highest BCUT2D eigenvalue weighted by molar-refractivity contribution is 9.10. The second kappa shape index (κ2) is 14.5. The number of hydrogen-bond donors (Lipinski definition) is 5. The third-order valence-electron chi connectivity index (χ3n) is 6.52. The lowest BCUT2D eigenvalue weighted by Gasteiger charge is -2.32. The number of hydrogen-bond acceptors (Lipinski definition) is 8. The van der Waals surface area contributed by atoms with E-state index in [1.54, 1.807) is 42.5 Å². The fourth-order valence-electron chi connectivity index (χ4n) is 4.33. The molecule has 0 saturated carbocycles. The quantitative estimate of drug-likeness (QED) is 0.138. The van der Waals surface area contributed by atoms with Crippen molar-refractivity contribution in [1.82, 2.24) is 10.9 Å². The predicted octanol–water partition coefficient (Wildman–Crippen LogP) is 3.99. The minimum Gasteiger partial charge on any atom is -0.494 e. The Hall–Kier alpha value is -2.70. The van der Waals surface area contributed by atoms with Gasteiger partial charge < -0.3 is 24.8 Å². The molecule has 3 aromatic rings. The summed E-state index contributed by atoms with van der Waals surface area (Å²) in [5.41, 5.74) is 5.63. The van der Waals surface area contributed by atoms with Gasteiger partial charge in [0.05, 0.1) is 25.9 Å². The summed E-state index contributed by atoms with van der Waals surface area (Å²) in [5, 5.41) is 28.8. The van der Waals surface area contributed by atoms with Crippen LogP contribution in [0, 0.1) is 0 Å². The van der Waals surface area contributed by atoms with Gasteiger partial charge in [0.25, 0.3) is 5.91 Å². The minimum absolute atomic E-state index is 0.0330. The van der Waals surface area contributed by atoms with Gasteiger partial charge in [0, 0.05) is 45.1 Å². The molecule has 1 aliphatic heterocycles. The summed E-state index contributed by atoms with van der Waals surface area (Å²) in [7, 11) is 0. The summed E-state index contributed by atoms with van der Waals surface area (Å²) >= 11 is 16.4. The number of ether oxygens (including phenoxy) is 2. The molecule has 218 valence electrons. The fraction of sp³-hybridized carbons (Fsp3) is 0.310. The van der Waals surface area contributed by atoms with E-state index in [0.717, 1.165) is 10.0 Å². The van der Waals surface area contributed by atoms with Crippen molar-refractivity contribution >= 4 is 50.9 Å². The Morgan fingerprint density at radius 1 is 1.07 bits per heavy atom. The Bertz CT molecular complexity index is 1370. The molecule has 3 aromatic carbocycles. The molecule has 9 nitrogen and oxygen atoms in total. The first kappa shape index (κ1) is 31.2. The van der Waals surface area contributed by atoms with Gasteiger partial charge in [-0.25, -0.2) is 10.4 Å². The molecule has 1 amide bonds. The number of amides is 1. The molecule has 0 saturated heterocycles. The van der Waals surface area contributed by atoms with E-state index in [-0.39, 0.29) is 18.9 Å². The van der Waals surface area contributed by atoms with Gasteiger partial charge in [-0.15, -0.1) is 0 Å². The number of aliphatic hydroxyl groups excluding tert-OH is 3. The third-order valence-corrected chi connectivity index (χ3v) is 7.86. The van der Waals surface area contributed by atoms with Crippen molar-refractivity contribution in [1.29, 1.82) is 0 Å². The second-order valence-corrected chi connectivity index (χ2v) is 11.1. The zero-order valence-corrected chi connectivity index (χ0v) is 25.0. The van der Waals surface area contributed by atoms with Crippen molar-refractivity contribution in [3.63, 3.8) is 0 Å². The van der Waals surface area contributed by atoms with E-state index in [0.29, 0.717) is 39.9 Å². The molecule has 0 aromatic heterocycles. The van der Waals surface area contributed by atoms with Crippen LogP contribution in [0.3, 0.4) is 0 Å². The van der Waals surface area contributed by atoms with Crippen LogP contribution in [0.1, 0.15) is 29.2 Å². The number of aliphatic hydroxyl groups is 3. The molecule has 41 heavy (non-hydrogen) atoms. The van der Waals surface area contributed by atoms with Gasteiger partial charge >= 0.3 is 0 Å². The lowest BCUT2D eigenvalue weighted by molar-refractivity contribution is -0.130. The number of halogens is 3. The Kier molecular flexibility index (Phi) is 11.0. The zero-order chi connectivity index (χ0) is 29.4. The van der Waals surface area contributed by atoms with Crippen molar-refractivity contribution in [2.75, 3.05) is 26.4 Å². The highest BCUT2D eigenvalue weighted by Gasteiger charge is 2.54. The van der Waals surface area contributed by atoms with Gasteiger partial charge in [-0.05, 0) is 48.0 Å². The molecular weight excluding hydrogens is 637 g/mol. The monoisotopic (exact) mass is 665 g/mol. The number of aliphatic imine (C=N–C) groups is 1. The summed E-state index contributed by atoms with van der Waals surface area (Å²) in [4.78, 5) is 19.0. The first-order valence-electron chi connectivity index (χ1n) is 12.9. The van der Waals surface area contributed by atoms with Crippen molar-refractivity contribution in [3.8, 4) is 5.75 Å². The third kappa shape index (κ3) is 7.39. The van der Waals surface area contributed by atoms with Gasteiger partial charge in [-0.2, -0.15) is 0 Å². The van der Waals surface area contributed by atoms with E-state index in [4.69, 9.17) is 42.8 Å². The van der Waals surface area contributed by atoms with E-state index in [1.165, 1.54) is 0 Å². The van der Waals surface area contributed by atoms with E-state index >= 15 is 0 Å². The zero-order valence-electron chi connectivity index (χ0n) is 21.9. The molecule has 0 spiro atoms. The van der Waals surface area contributed by atoms with Gasteiger partial charge in [0.2, 0.25) is 5.90 Å². The van der Waals surface area contributed by atoms with Crippen LogP contribution in [0.2, 0.25) is 10.0 Å². The van der Waals surface area contributed by atoms with Crippen LogP contribution in [-0.4, -0.2) is 65.1 Å². The van der Waals surface area contributed by atoms with Crippen LogP contribution in [0.5, 0.6) is 5.75 Å². The van der Waals surface area contributed by atoms with Crippen LogP contribution < -0.4 is 15.6 Å². The Morgan fingerprint density at radius 2 is 1.80 bits per heavy atom. The smallest absolute Gasteiger partial charge is 0.266 e. The number of carbonyl (C=O) groups excluding carboxylic acids is 1. The van der Waals surface area contributed by atoms with Crippen LogP contribution >= 0.6 is 39.1 Å². The minimum atomic E-state index is -1.57. The van der Waals surface area contributed by atoms with E-state index < -0.39 is 36.8 Å². The van der Waals surface area contributed by atoms with Crippen molar-refractivity contribution < 1.29 is 29.6 Å². The molecule has 0 fully saturated rings. The van der Waals surface area contributed by atoms with Crippen LogP contribution in [0.25, 0.3) is 0 Å². The summed E-state index contributed by atoms with van der Waals surface area (Å²) < 4.78 is 12.9. The number of nitrogens with one attached hydrogen (secondary N) is 2. The number of benzene rings is 3. The number of nitrogens with zero attached hydrogens (tertiary/aromatic N) is 1. The molecule has 12 heteroatoms. The lowest BCUT2D eigenvalue weighted by Crippen LogP contribution is -2.57. The molecule has 0 aliphatic carbocycles. The summed E-state index contributed by atoms with van der Waals surface area (Å²) in [6.07, 6.45) is -0.353. The molecule has 2 atom stereocenters. The topological polar surface area (TPSA) is 133 Å². The number of carbonyl (C=O) groups is 1. The first-order chi connectivity index (χ1) is 19.8. The fourth-order valence-corrected chi connectivity index (χ4v) is 5.26. The molecule has 4 rings (SSSR count). The van der Waals surface area contributed by atoms with E-state index in [1.807, 2.05) is 24.3 Å². The Labute approximate surface area is 256 Å². The Balaban J connectivity index is 1.81. The molecule has 0 unspecified atom stereocenters. The molecule has 0 radical (unpaired) electrons. The molecular formula is C29H30BrCl2N3O6. The molecule has 5 N–H and O–H groups in total. The van der Waals surface area contributed by atoms with Crippen molar-refractivity contribution in [3.05, 3.63) is 97.9 Å². The van der Waals surface area contributed by atoms with Crippen LogP contribution in [-0.2, 0) is 16.0 Å². The number of hydrazine groups is 1. The Morgan fingerprint density at radius 3 is 2.46 bits per heavy atom. The highest BCUT2D eigenvalue weighted by Crippen LogP contribution is 2.45. The summed E-state index contributed by atoms with van der Waals surface area (Å²) in [6, 6.07) is 18.7. The van der Waals surface area contributed by atoms with Gasteiger partial charge in [0.15, 0.2) is 11.6 Å². The van der Waals surface area contributed by atoms with Gasteiger partial charge in [0.1, 0.15) is 5.75 Å². The normalized spacial score (nSPS) is 18.2. The average Bonchev–Trinajstić information content (AvgIpc) is 3.35. The maximum absolute atomic E-state index is 14.1. The average molecular weight is 667 g/mol. The molecule has 0 bridgehead atoms. The van der Waals surface area contributed by atoms with E-state index in [2.05, 4.69) is 26.8 Å². The van der Waals surface area contributed by atoms with Gasteiger partial charge in [-0.3, -0.25) is 10.2 Å². The predicted molar refractivity (Wildman–Crippen MR) is 160 cm³/mol. The van der Waals surface area contributed by atoms with Crippen LogP contribution in [0.4, 0.5) is 0 Å². The lowest BCUT2D eigenvalue weighted by atomic mass is 9.82. The number of rotatable bonds is 13. The largest absolute Gasteiger partial charge is 0.494 e. The highest BCUT2D eigenvalue weighted by atomic mass is 79.9. The van der Waals surface area contributed by atoms with Gasteiger partial charge in [-0.1, -0.05) is 63.4 Å². The first-order valence-corrected chi connectivity index (χ1v) is 14.4. The van der Waals surface area contributed by atoms with Crippen molar-refractivity contribution in [2.45, 2.75) is 30.5 Å².